The van der Waals surface area contributed by atoms with E-state index in [2.05, 4.69) is 43.5 Å². The molecule has 7 atom stereocenters. The fourth-order valence-corrected chi connectivity index (χ4v) is 13.8. The van der Waals surface area contributed by atoms with Crippen LogP contribution in [0.2, 0.25) is 0 Å². The number of hydrogen-bond acceptors (Lipinski definition) is 10. The first-order valence-electron chi connectivity index (χ1n) is 42.8. The molecule has 0 radical (unpaired) electrons. The van der Waals surface area contributed by atoms with Gasteiger partial charge in [0, 0.05) is 12.8 Å². The van der Waals surface area contributed by atoms with Gasteiger partial charge < -0.3 is 45.1 Å². The van der Waals surface area contributed by atoms with E-state index in [9.17, 15) is 35.1 Å². The molecule has 0 aromatic heterocycles. The zero-order chi connectivity index (χ0) is 70.1. The molecule has 572 valence electrons. The summed E-state index contributed by atoms with van der Waals surface area (Å²) in [7, 11) is 0. The Kier molecular flexibility index (Phi) is 71.9. The maximum atomic E-state index is 13.1. The Morgan fingerprint density at radius 1 is 0.371 bits per heavy atom. The summed E-state index contributed by atoms with van der Waals surface area (Å²) in [5.41, 5.74) is 0. The van der Waals surface area contributed by atoms with Crippen molar-refractivity contribution < 1.29 is 49.3 Å². The lowest BCUT2D eigenvalue weighted by molar-refractivity contribution is -0.302. The van der Waals surface area contributed by atoms with Crippen molar-refractivity contribution in [1.82, 2.24) is 5.32 Å². The molecule has 6 N–H and O–H groups in total. The Balaban J connectivity index is 1.86. The van der Waals surface area contributed by atoms with E-state index >= 15 is 0 Å². The van der Waals surface area contributed by atoms with Crippen molar-refractivity contribution in [1.29, 1.82) is 0 Å². The van der Waals surface area contributed by atoms with Crippen molar-refractivity contribution in [3.63, 3.8) is 0 Å². The van der Waals surface area contributed by atoms with Crippen LogP contribution < -0.4 is 5.32 Å². The molecule has 11 nitrogen and oxygen atoms in total. The normalized spacial score (nSPS) is 17.4. The standard InChI is InChI=1S/C86H163NO10/c1-3-5-7-9-11-13-15-17-18-19-44-47-50-54-58-62-66-70-74-82(91)95-75-71-67-63-59-55-51-48-45-42-40-38-36-34-32-30-28-26-24-22-20-21-23-25-27-29-31-33-35-37-39-41-43-46-49-53-57-61-65-69-73-81(90)87-78(77-96-86-85(94)84(93)83(92)80(76-88)97-86)79(89)72-68-64-60-56-52-16-14-12-10-8-6-4-2/h20-21,52,56,68,72,78-80,83-86,88-89,92-94H,3-19,22-51,53-55,57-67,69-71,73-77H2,1-2H3,(H,87,90)/b21-20-,56-52+,72-68+. The van der Waals surface area contributed by atoms with E-state index in [1.54, 1.807) is 6.08 Å². The van der Waals surface area contributed by atoms with Crippen LogP contribution in [0, 0.1) is 0 Å². The van der Waals surface area contributed by atoms with Crippen LogP contribution in [0.5, 0.6) is 0 Å². The lowest BCUT2D eigenvalue weighted by atomic mass is 9.99. The van der Waals surface area contributed by atoms with Gasteiger partial charge in [-0.25, -0.2) is 0 Å². The van der Waals surface area contributed by atoms with E-state index in [0.29, 0.717) is 19.4 Å². The number of aliphatic hydroxyl groups excluding tert-OH is 5. The zero-order valence-electron chi connectivity index (χ0n) is 64.1. The number of carbonyl (C=O) groups is 2. The first-order chi connectivity index (χ1) is 47.7. The van der Waals surface area contributed by atoms with Crippen molar-refractivity contribution in [3.05, 3.63) is 36.5 Å². The highest BCUT2D eigenvalue weighted by atomic mass is 16.7. The van der Waals surface area contributed by atoms with Gasteiger partial charge >= 0.3 is 5.97 Å². The molecule has 1 fully saturated rings. The van der Waals surface area contributed by atoms with E-state index in [4.69, 9.17) is 14.2 Å². The predicted molar refractivity (Wildman–Crippen MR) is 412 cm³/mol. The van der Waals surface area contributed by atoms with Gasteiger partial charge in [0.2, 0.25) is 5.91 Å². The minimum Gasteiger partial charge on any atom is -0.466 e. The lowest BCUT2D eigenvalue weighted by Crippen LogP contribution is -2.60. The summed E-state index contributed by atoms with van der Waals surface area (Å²) in [6.45, 7) is 4.38. The predicted octanol–water partition coefficient (Wildman–Crippen LogP) is 23.6. The number of carbonyl (C=O) groups excluding carboxylic acids is 2. The molecule has 1 heterocycles. The molecule has 11 heteroatoms. The van der Waals surface area contributed by atoms with Crippen LogP contribution in [0.1, 0.15) is 438 Å². The number of nitrogens with one attached hydrogen (secondary N) is 1. The van der Waals surface area contributed by atoms with E-state index in [-0.39, 0.29) is 18.5 Å². The maximum Gasteiger partial charge on any atom is 0.305 e. The van der Waals surface area contributed by atoms with Gasteiger partial charge in [0.25, 0.3) is 0 Å². The molecule has 97 heavy (non-hydrogen) atoms. The summed E-state index contributed by atoms with van der Waals surface area (Å²) in [4.78, 5) is 25.2. The van der Waals surface area contributed by atoms with Crippen molar-refractivity contribution in [2.24, 2.45) is 0 Å². The molecule has 1 aliphatic rings. The fraction of sp³-hybridized carbons (Fsp3) is 0.907. The molecule has 0 bridgehead atoms. The van der Waals surface area contributed by atoms with Crippen LogP contribution in [0.25, 0.3) is 0 Å². The monoisotopic (exact) mass is 1370 g/mol. The molecule has 1 saturated heterocycles. The second kappa shape index (κ2) is 75.1. The van der Waals surface area contributed by atoms with Crippen LogP contribution in [-0.2, 0) is 23.8 Å². The first kappa shape index (κ1) is 92.9. The first-order valence-corrected chi connectivity index (χ1v) is 42.8. The van der Waals surface area contributed by atoms with Crippen LogP contribution in [0.3, 0.4) is 0 Å². The van der Waals surface area contributed by atoms with E-state index < -0.39 is 49.5 Å². The second-order valence-corrected chi connectivity index (χ2v) is 29.9. The van der Waals surface area contributed by atoms with Crippen LogP contribution in [0.4, 0.5) is 0 Å². The lowest BCUT2D eigenvalue weighted by Gasteiger charge is -2.40. The molecule has 1 aliphatic heterocycles. The summed E-state index contributed by atoms with van der Waals surface area (Å²) >= 11 is 0. The van der Waals surface area contributed by atoms with Crippen LogP contribution >= 0.6 is 0 Å². The molecule has 7 unspecified atom stereocenters. The maximum absolute atomic E-state index is 13.1. The number of allylic oxidation sites excluding steroid dienone is 5. The number of esters is 1. The van der Waals surface area contributed by atoms with Gasteiger partial charge in [-0.1, -0.05) is 391 Å². The van der Waals surface area contributed by atoms with Gasteiger partial charge in [0.15, 0.2) is 6.29 Å². The van der Waals surface area contributed by atoms with Crippen molar-refractivity contribution >= 4 is 11.9 Å². The zero-order valence-corrected chi connectivity index (χ0v) is 64.1. The Labute approximate surface area is 600 Å². The molecular formula is C86H163NO10. The highest BCUT2D eigenvalue weighted by Crippen LogP contribution is 2.24. The Hall–Kier alpha value is -2.12. The molecule has 0 aromatic carbocycles. The molecule has 1 amide bonds. The van der Waals surface area contributed by atoms with Crippen molar-refractivity contribution in [3.8, 4) is 0 Å². The Bertz CT molecular complexity index is 1710. The second-order valence-electron chi connectivity index (χ2n) is 29.9. The third-order valence-electron chi connectivity index (χ3n) is 20.5. The third kappa shape index (κ3) is 63.3. The molecule has 0 spiro atoms. The summed E-state index contributed by atoms with van der Waals surface area (Å²) in [5.74, 6) is -0.164. The van der Waals surface area contributed by atoms with Gasteiger partial charge in [0.05, 0.1) is 32.0 Å². The topological polar surface area (TPSA) is 175 Å². The molecule has 1 rings (SSSR count). The third-order valence-corrected chi connectivity index (χ3v) is 20.5. The molecular weight excluding hydrogens is 1210 g/mol. The minimum absolute atomic E-state index is 0.0219. The fourth-order valence-electron chi connectivity index (χ4n) is 13.8. The Morgan fingerprint density at radius 3 is 1.02 bits per heavy atom. The largest absolute Gasteiger partial charge is 0.466 e. The number of hydrogen-bond donors (Lipinski definition) is 6. The molecule has 0 aliphatic carbocycles. The average Bonchev–Trinajstić information content (AvgIpc) is 0.834. The highest BCUT2D eigenvalue weighted by molar-refractivity contribution is 5.76. The van der Waals surface area contributed by atoms with Crippen molar-refractivity contribution in [2.75, 3.05) is 19.8 Å². The summed E-state index contributed by atoms with van der Waals surface area (Å²) in [5, 5.41) is 54.5. The van der Waals surface area contributed by atoms with E-state index in [0.717, 1.165) is 51.4 Å². The van der Waals surface area contributed by atoms with Crippen molar-refractivity contribution in [2.45, 2.75) is 480 Å². The van der Waals surface area contributed by atoms with Crippen LogP contribution in [-0.4, -0.2) is 100 Å². The SMILES string of the molecule is CCCCCCCC/C=C/CC/C=C/C(O)C(COC1OC(CO)C(O)C(O)C1O)NC(=O)CCCCCCCCCCCCCCCCCCC/C=C\CCCCCCCCCCCCCCCCCCCCOC(=O)CCCCCCCCCCCCCCCCCCCC. The number of unbranched alkanes of at least 4 members (excludes halogenated alkanes) is 59. The van der Waals surface area contributed by atoms with Gasteiger partial charge in [-0.3, -0.25) is 9.59 Å². The van der Waals surface area contributed by atoms with E-state index in [1.165, 1.54) is 360 Å². The number of amides is 1. The Morgan fingerprint density at radius 2 is 0.670 bits per heavy atom. The highest BCUT2D eigenvalue weighted by Gasteiger charge is 2.44. The summed E-state index contributed by atoms with van der Waals surface area (Å²) < 4.78 is 16.8. The molecule has 0 saturated carbocycles. The number of ether oxygens (including phenoxy) is 3. The summed E-state index contributed by atoms with van der Waals surface area (Å²) in [6.07, 6.45) is 89.3. The van der Waals surface area contributed by atoms with Gasteiger partial charge in [0.1, 0.15) is 24.4 Å². The smallest absolute Gasteiger partial charge is 0.305 e. The van der Waals surface area contributed by atoms with Gasteiger partial charge in [-0.05, 0) is 70.6 Å². The van der Waals surface area contributed by atoms with Gasteiger partial charge in [-0.15, -0.1) is 0 Å². The minimum atomic E-state index is -1.57. The number of aliphatic hydroxyl groups is 5. The summed E-state index contributed by atoms with van der Waals surface area (Å²) in [6, 6.07) is -0.824. The quantitative estimate of drug-likeness (QED) is 0.0195. The van der Waals surface area contributed by atoms with Gasteiger partial charge in [-0.2, -0.15) is 0 Å². The number of rotatable bonds is 77. The molecule has 0 aromatic rings. The van der Waals surface area contributed by atoms with Crippen LogP contribution in [0.15, 0.2) is 36.5 Å². The average molecular weight is 1370 g/mol. The van der Waals surface area contributed by atoms with E-state index in [1.807, 2.05) is 6.08 Å².